The maximum Gasteiger partial charge on any atom is 0.326 e. The molecule has 2 saturated heterocycles. The predicted molar refractivity (Wildman–Crippen MR) is 75.8 cm³/mol. The van der Waals surface area contributed by atoms with E-state index in [0.717, 1.165) is 6.42 Å². The Labute approximate surface area is 124 Å². The Kier molecular flexibility index (Phi) is 4.69. The molecule has 2 fully saturated rings. The molecule has 7 heteroatoms. The molecule has 2 heterocycles. The zero-order chi connectivity index (χ0) is 15.6. The van der Waals surface area contributed by atoms with Crippen molar-refractivity contribution >= 4 is 17.9 Å². The lowest BCUT2D eigenvalue weighted by Crippen LogP contribution is -2.49. The number of aliphatic carboxylic acids is 1. The second-order valence-electron chi connectivity index (χ2n) is 5.97. The minimum Gasteiger partial charge on any atom is -0.480 e. The van der Waals surface area contributed by atoms with Crippen LogP contribution >= 0.6 is 0 Å². The van der Waals surface area contributed by atoms with E-state index in [1.807, 2.05) is 0 Å². The molecular formula is C14H23N3O4. The van der Waals surface area contributed by atoms with Crippen LogP contribution in [0.1, 0.15) is 25.7 Å². The molecule has 7 nitrogen and oxygen atoms in total. The Balaban J connectivity index is 1.91. The number of carbonyl (C=O) groups is 3. The lowest BCUT2D eigenvalue weighted by atomic mass is 9.95. The molecule has 0 saturated carbocycles. The fourth-order valence-corrected chi connectivity index (χ4v) is 3.12. The van der Waals surface area contributed by atoms with Gasteiger partial charge in [0.05, 0.1) is 0 Å². The molecule has 1 N–H and O–H groups in total. The molecule has 0 aromatic rings. The number of piperidine rings is 1. The van der Waals surface area contributed by atoms with Crippen LogP contribution in [0.4, 0.5) is 4.79 Å². The molecule has 3 amide bonds. The first-order valence-corrected chi connectivity index (χ1v) is 7.41. The monoisotopic (exact) mass is 297 g/mol. The van der Waals surface area contributed by atoms with Crippen LogP contribution in [0.2, 0.25) is 0 Å². The molecule has 0 bridgehead atoms. The Hall–Kier alpha value is -1.79. The average Bonchev–Trinajstić information content (AvgIpc) is 2.95. The second-order valence-corrected chi connectivity index (χ2v) is 5.97. The summed E-state index contributed by atoms with van der Waals surface area (Å²) >= 11 is 0. The number of urea groups is 1. The largest absolute Gasteiger partial charge is 0.480 e. The lowest BCUT2D eigenvalue weighted by Gasteiger charge is -2.35. The summed E-state index contributed by atoms with van der Waals surface area (Å²) in [6.07, 6.45) is 2.52. The number of amides is 3. The van der Waals surface area contributed by atoms with Gasteiger partial charge < -0.3 is 19.8 Å². The highest BCUT2D eigenvalue weighted by atomic mass is 16.4. The van der Waals surface area contributed by atoms with E-state index >= 15 is 0 Å². The van der Waals surface area contributed by atoms with E-state index < -0.39 is 12.0 Å². The molecule has 2 aliphatic heterocycles. The Morgan fingerprint density at radius 2 is 1.67 bits per heavy atom. The highest BCUT2D eigenvalue weighted by molar-refractivity contribution is 5.86. The summed E-state index contributed by atoms with van der Waals surface area (Å²) in [6.45, 7) is 1.64. The normalized spacial score (nSPS) is 23.2. The van der Waals surface area contributed by atoms with E-state index in [9.17, 15) is 14.4 Å². The van der Waals surface area contributed by atoms with Gasteiger partial charge in [0.1, 0.15) is 6.04 Å². The van der Waals surface area contributed by atoms with E-state index in [1.54, 1.807) is 19.0 Å². The van der Waals surface area contributed by atoms with Gasteiger partial charge in [-0.3, -0.25) is 4.79 Å². The van der Waals surface area contributed by atoms with Crippen LogP contribution < -0.4 is 0 Å². The minimum absolute atomic E-state index is 0.0366. The van der Waals surface area contributed by atoms with Gasteiger partial charge in [0, 0.05) is 39.6 Å². The van der Waals surface area contributed by atoms with Gasteiger partial charge in [-0.15, -0.1) is 0 Å². The molecule has 21 heavy (non-hydrogen) atoms. The number of likely N-dealkylation sites (tertiary alicyclic amines) is 2. The van der Waals surface area contributed by atoms with E-state index in [-0.39, 0.29) is 17.9 Å². The summed E-state index contributed by atoms with van der Waals surface area (Å²) in [6, 6.07) is -0.704. The molecule has 1 unspecified atom stereocenters. The van der Waals surface area contributed by atoms with Gasteiger partial charge in [-0.25, -0.2) is 9.59 Å². The van der Waals surface area contributed by atoms with Crippen molar-refractivity contribution in [1.82, 2.24) is 14.7 Å². The lowest BCUT2D eigenvalue weighted by molar-refractivity contribution is -0.150. The summed E-state index contributed by atoms with van der Waals surface area (Å²) in [5.74, 6) is -1.13. The molecule has 2 aliphatic rings. The van der Waals surface area contributed by atoms with Gasteiger partial charge in [-0.2, -0.15) is 0 Å². The van der Waals surface area contributed by atoms with Crippen molar-refractivity contribution in [2.75, 3.05) is 33.7 Å². The first-order valence-electron chi connectivity index (χ1n) is 7.41. The molecule has 0 radical (unpaired) electrons. The van der Waals surface area contributed by atoms with Crippen LogP contribution in [0, 0.1) is 5.92 Å². The second kappa shape index (κ2) is 6.32. The number of carboxylic acid groups (broad SMARTS) is 1. The number of nitrogens with zero attached hydrogens (tertiary/aromatic N) is 3. The van der Waals surface area contributed by atoms with Crippen LogP contribution in [-0.4, -0.2) is 77.5 Å². The maximum atomic E-state index is 12.5. The molecule has 1 atom stereocenters. The standard InChI is InChI=1S/C14H23N3O4/c1-15(2)14(21)16-8-5-10(6-9-16)12(18)17-7-3-4-11(17)13(19)20/h10-11H,3-9H2,1-2H3,(H,19,20). The van der Waals surface area contributed by atoms with Crippen molar-refractivity contribution in [1.29, 1.82) is 0 Å². The zero-order valence-corrected chi connectivity index (χ0v) is 12.6. The van der Waals surface area contributed by atoms with Gasteiger partial charge in [-0.1, -0.05) is 0 Å². The van der Waals surface area contributed by atoms with Crippen LogP contribution in [0.15, 0.2) is 0 Å². The topological polar surface area (TPSA) is 81.2 Å². The van der Waals surface area contributed by atoms with Crippen LogP contribution in [0.3, 0.4) is 0 Å². The fraction of sp³-hybridized carbons (Fsp3) is 0.786. The molecular weight excluding hydrogens is 274 g/mol. The molecule has 118 valence electrons. The summed E-state index contributed by atoms with van der Waals surface area (Å²) in [7, 11) is 3.42. The van der Waals surface area contributed by atoms with Gasteiger partial charge in [-0.05, 0) is 25.7 Å². The predicted octanol–water partition coefficient (Wildman–Crippen LogP) is 0.456. The van der Waals surface area contributed by atoms with Crippen molar-refractivity contribution in [3.63, 3.8) is 0 Å². The number of hydrogen-bond acceptors (Lipinski definition) is 3. The summed E-state index contributed by atoms with van der Waals surface area (Å²) in [5.41, 5.74) is 0. The molecule has 0 aromatic carbocycles. The Morgan fingerprint density at radius 1 is 1.05 bits per heavy atom. The third kappa shape index (κ3) is 3.28. The van der Waals surface area contributed by atoms with Crippen molar-refractivity contribution in [3.05, 3.63) is 0 Å². The third-order valence-corrected chi connectivity index (χ3v) is 4.32. The SMILES string of the molecule is CN(C)C(=O)N1CCC(C(=O)N2CCCC2C(=O)O)CC1. The number of carbonyl (C=O) groups excluding carboxylic acids is 2. The smallest absolute Gasteiger partial charge is 0.326 e. The quantitative estimate of drug-likeness (QED) is 0.802. The maximum absolute atomic E-state index is 12.5. The number of carboxylic acids is 1. The van der Waals surface area contributed by atoms with Crippen LogP contribution in [0.25, 0.3) is 0 Å². The summed E-state index contributed by atoms with van der Waals surface area (Å²) in [4.78, 5) is 40.3. The van der Waals surface area contributed by atoms with Crippen molar-refractivity contribution in [3.8, 4) is 0 Å². The van der Waals surface area contributed by atoms with Gasteiger partial charge in [0.15, 0.2) is 0 Å². The zero-order valence-electron chi connectivity index (χ0n) is 12.6. The van der Waals surface area contributed by atoms with E-state index in [4.69, 9.17) is 5.11 Å². The van der Waals surface area contributed by atoms with E-state index in [1.165, 1.54) is 9.80 Å². The van der Waals surface area contributed by atoms with E-state index in [2.05, 4.69) is 0 Å². The fourth-order valence-electron chi connectivity index (χ4n) is 3.12. The van der Waals surface area contributed by atoms with Gasteiger partial charge >= 0.3 is 12.0 Å². The molecule has 2 rings (SSSR count). The minimum atomic E-state index is -0.916. The molecule has 0 spiro atoms. The summed E-state index contributed by atoms with van der Waals surface area (Å²) in [5, 5.41) is 9.15. The van der Waals surface area contributed by atoms with Gasteiger partial charge in [0.2, 0.25) is 5.91 Å². The first kappa shape index (κ1) is 15.6. The molecule has 0 aromatic heterocycles. The highest BCUT2D eigenvalue weighted by Crippen LogP contribution is 2.25. The highest BCUT2D eigenvalue weighted by Gasteiger charge is 2.38. The van der Waals surface area contributed by atoms with E-state index in [0.29, 0.717) is 38.9 Å². The van der Waals surface area contributed by atoms with Crippen molar-refractivity contribution < 1.29 is 19.5 Å². The first-order chi connectivity index (χ1) is 9.91. The molecule has 0 aliphatic carbocycles. The Bertz CT molecular complexity index is 430. The summed E-state index contributed by atoms with van der Waals surface area (Å²) < 4.78 is 0. The number of rotatable bonds is 2. The third-order valence-electron chi connectivity index (χ3n) is 4.32. The Morgan fingerprint density at radius 3 is 2.19 bits per heavy atom. The van der Waals surface area contributed by atoms with Crippen molar-refractivity contribution in [2.45, 2.75) is 31.7 Å². The van der Waals surface area contributed by atoms with Crippen molar-refractivity contribution in [2.24, 2.45) is 5.92 Å². The van der Waals surface area contributed by atoms with Gasteiger partial charge in [0.25, 0.3) is 0 Å². The van der Waals surface area contributed by atoms with Crippen LogP contribution in [-0.2, 0) is 9.59 Å². The van der Waals surface area contributed by atoms with Crippen LogP contribution in [0.5, 0.6) is 0 Å². The number of hydrogen-bond donors (Lipinski definition) is 1. The average molecular weight is 297 g/mol.